The molecule has 0 radical (unpaired) electrons. The lowest BCUT2D eigenvalue weighted by Gasteiger charge is -2.21. The van der Waals surface area contributed by atoms with E-state index >= 15 is 0 Å². The summed E-state index contributed by atoms with van der Waals surface area (Å²) in [5.41, 5.74) is 1.27. The van der Waals surface area contributed by atoms with Crippen LogP contribution in [0.5, 0.6) is 0 Å². The van der Waals surface area contributed by atoms with Gasteiger partial charge in [0.15, 0.2) is 0 Å². The lowest BCUT2D eigenvalue weighted by molar-refractivity contribution is 0.455. The molecule has 2 unspecified atom stereocenters. The highest BCUT2D eigenvalue weighted by Crippen LogP contribution is 2.25. The molecular formula is C15H19ClN2S. The average Bonchev–Trinajstić information content (AvgIpc) is 2.84. The predicted octanol–water partition coefficient (Wildman–Crippen LogP) is 4.91. The second-order valence-electron chi connectivity index (χ2n) is 4.71. The molecule has 2 rings (SSSR count). The first-order valence-corrected chi connectivity index (χ1v) is 7.73. The van der Waals surface area contributed by atoms with Crippen LogP contribution in [0.4, 0.5) is 0 Å². The third-order valence-electron chi connectivity index (χ3n) is 3.14. The summed E-state index contributed by atoms with van der Waals surface area (Å²) < 4.78 is 0. The standard InChI is InChI=1S/C15H19ClN2S/c1-4-14(12-5-7-13(16)8-6-12)18-11(3)15-17-9-10(2)19-15/h5-9,11,14,18H,4H2,1-3H3. The van der Waals surface area contributed by atoms with Crippen molar-refractivity contribution in [2.24, 2.45) is 0 Å². The minimum absolute atomic E-state index is 0.263. The van der Waals surface area contributed by atoms with E-state index in [-0.39, 0.29) is 6.04 Å². The number of benzene rings is 1. The Labute approximate surface area is 123 Å². The summed E-state index contributed by atoms with van der Waals surface area (Å²) in [6.45, 7) is 6.44. The Hall–Kier alpha value is -0.900. The molecule has 0 aliphatic heterocycles. The lowest BCUT2D eigenvalue weighted by atomic mass is 10.0. The van der Waals surface area contributed by atoms with Gasteiger partial charge in [-0.2, -0.15) is 0 Å². The number of nitrogens with one attached hydrogen (secondary N) is 1. The third kappa shape index (κ3) is 3.78. The Morgan fingerprint density at radius 1 is 1.32 bits per heavy atom. The highest BCUT2D eigenvalue weighted by molar-refractivity contribution is 7.11. The molecule has 2 atom stereocenters. The predicted molar refractivity (Wildman–Crippen MR) is 82.9 cm³/mol. The van der Waals surface area contributed by atoms with E-state index in [0.717, 1.165) is 16.5 Å². The fourth-order valence-electron chi connectivity index (χ4n) is 2.09. The van der Waals surface area contributed by atoms with Crippen molar-refractivity contribution in [1.29, 1.82) is 0 Å². The van der Waals surface area contributed by atoms with Crippen LogP contribution in [-0.4, -0.2) is 4.98 Å². The molecule has 102 valence electrons. The number of aryl methyl sites for hydroxylation is 1. The molecule has 1 heterocycles. The maximum atomic E-state index is 5.94. The maximum absolute atomic E-state index is 5.94. The van der Waals surface area contributed by atoms with E-state index in [9.17, 15) is 0 Å². The lowest BCUT2D eigenvalue weighted by Crippen LogP contribution is -2.24. The molecule has 0 spiro atoms. The van der Waals surface area contributed by atoms with Crippen LogP contribution in [0.3, 0.4) is 0 Å². The molecule has 0 saturated heterocycles. The molecule has 1 aromatic heterocycles. The van der Waals surface area contributed by atoms with Crippen LogP contribution in [0.25, 0.3) is 0 Å². The fraction of sp³-hybridized carbons (Fsp3) is 0.400. The smallest absolute Gasteiger partial charge is 0.109 e. The Bertz CT molecular complexity index is 521. The van der Waals surface area contributed by atoms with Crippen LogP contribution in [0.15, 0.2) is 30.5 Å². The van der Waals surface area contributed by atoms with Crippen molar-refractivity contribution >= 4 is 22.9 Å². The topological polar surface area (TPSA) is 24.9 Å². The van der Waals surface area contributed by atoms with Gasteiger partial charge in [-0.1, -0.05) is 30.7 Å². The number of rotatable bonds is 5. The molecular weight excluding hydrogens is 276 g/mol. The van der Waals surface area contributed by atoms with Gasteiger partial charge in [-0.25, -0.2) is 4.98 Å². The van der Waals surface area contributed by atoms with Crippen molar-refractivity contribution in [2.45, 2.75) is 39.3 Å². The third-order valence-corrected chi connectivity index (χ3v) is 4.49. The van der Waals surface area contributed by atoms with E-state index in [4.69, 9.17) is 11.6 Å². The second kappa shape index (κ2) is 6.51. The monoisotopic (exact) mass is 294 g/mol. The van der Waals surface area contributed by atoms with Gasteiger partial charge in [-0.3, -0.25) is 0 Å². The Kier molecular flexibility index (Phi) is 4.97. The summed E-state index contributed by atoms with van der Waals surface area (Å²) >= 11 is 7.69. The Balaban J connectivity index is 2.08. The van der Waals surface area contributed by atoms with Crippen LogP contribution in [0.2, 0.25) is 5.02 Å². The van der Waals surface area contributed by atoms with Gasteiger partial charge >= 0.3 is 0 Å². The summed E-state index contributed by atoms with van der Waals surface area (Å²) in [5.74, 6) is 0. The molecule has 0 saturated carbocycles. The molecule has 19 heavy (non-hydrogen) atoms. The molecule has 2 aromatic rings. The van der Waals surface area contributed by atoms with Gasteiger partial charge in [0.25, 0.3) is 0 Å². The maximum Gasteiger partial charge on any atom is 0.109 e. The highest BCUT2D eigenvalue weighted by Gasteiger charge is 2.15. The number of thiazole rings is 1. The van der Waals surface area contributed by atoms with Crippen molar-refractivity contribution in [1.82, 2.24) is 10.3 Å². The summed E-state index contributed by atoms with van der Waals surface area (Å²) in [4.78, 5) is 5.70. The molecule has 0 aliphatic carbocycles. The van der Waals surface area contributed by atoms with E-state index in [0.29, 0.717) is 6.04 Å². The molecule has 0 bridgehead atoms. The van der Waals surface area contributed by atoms with Crippen molar-refractivity contribution in [2.75, 3.05) is 0 Å². The first-order valence-electron chi connectivity index (χ1n) is 6.54. The van der Waals surface area contributed by atoms with Gasteiger partial charge in [0.05, 0.1) is 6.04 Å². The number of aromatic nitrogens is 1. The van der Waals surface area contributed by atoms with Gasteiger partial charge in [-0.05, 0) is 38.0 Å². The molecule has 4 heteroatoms. The van der Waals surface area contributed by atoms with E-state index in [1.165, 1.54) is 10.4 Å². The van der Waals surface area contributed by atoms with Crippen molar-refractivity contribution in [3.8, 4) is 0 Å². The zero-order valence-corrected chi connectivity index (χ0v) is 13.1. The van der Waals surface area contributed by atoms with E-state index in [1.54, 1.807) is 11.3 Å². The van der Waals surface area contributed by atoms with Gasteiger partial charge in [0.2, 0.25) is 0 Å². The minimum Gasteiger partial charge on any atom is -0.301 e. The number of hydrogen-bond donors (Lipinski definition) is 1. The van der Waals surface area contributed by atoms with Gasteiger partial charge < -0.3 is 5.32 Å². The summed E-state index contributed by atoms with van der Waals surface area (Å²) in [6.07, 6.45) is 2.97. The Morgan fingerprint density at radius 2 is 2.00 bits per heavy atom. The average molecular weight is 295 g/mol. The van der Waals surface area contributed by atoms with E-state index < -0.39 is 0 Å². The number of hydrogen-bond acceptors (Lipinski definition) is 3. The zero-order valence-electron chi connectivity index (χ0n) is 11.5. The zero-order chi connectivity index (χ0) is 13.8. The molecule has 1 N–H and O–H groups in total. The Morgan fingerprint density at radius 3 is 2.53 bits per heavy atom. The molecule has 0 aliphatic rings. The van der Waals surface area contributed by atoms with Gasteiger partial charge in [-0.15, -0.1) is 11.3 Å². The van der Waals surface area contributed by atoms with Gasteiger partial charge in [0, 0.05) is 22.1 Å². The molecule has 1 aromatic carbocycles. The van der Waals surface area contributed by atoms with Crippen molar-refractivity contribution < 1.29 is 0 Å². The van der Waals surface area contributed by atoms with Crippen LogP contribution in [0.1, 0.15) is 47.8 Å². The second-order valence-corrected chi connectivity index (χ2v) is 6.41. The van der Waals surface area contributed by atoms with Crippen molar-refractivity contribution in [3.05, 3.63) is 50.9 Å². The van der Waals surface area contributed by atoms with Crippen LogP contribution in [0, 0.1) is 6.92 Å². The normalized spacial score (nSPS) is 14.3. The summed E-state index contributed by atoms with van der Waals surface area (Å²) in [7, 11) is 0. The minimum atomic E-state index is 0.263. The molecule has 0 fully saturated rings. The van der Waals surface area contributed by atoms with E-state index in [2.05, 4.69) is 43.2 Å². The first-order chi connectivity index (χ1) is 9.10. The quantitative estimate of drug-likeness (QED) is 0.848. The SMILES string of the molecule is CCC(NC(C)c1ncc(C)s1)c1ccc(Cl)cc1. The summed E-state index contributed by atoms with van der Waals surface area (Å²) in [5, 5.41) is 5.56. The largest absolute Gasteiger partial charge is 0.301 e. The molecule has 2 nitrogen and oxygen atoms in total. The number of nitrogens with zero attached hydrogens (tertiary/aromatic N) is 1. The van der Waals surface area contributed by atoms with Crippen LogP contribution >= 0.6 is 22.9 Å². The summed E-state index contributed by atoms with van der Waals surface area (Å²) in [6, 6.07) is 8.65. The fourth-order valence-corrected chi connectivity index (χ4v) is 3.00. The first kappa shape index (κ1) is 14.5. The van der Waals surface area contributed by atoms with Gasteiger partial charge in [0.1, 0.15) is 5.01 Å². The van der Waals surface area contributed by atoms with Crippen molar-refractivity contribution in [3.63, 3.8) is 0 Å². The van der Waals surface area contributed by atoms with E-state index in [1.807, 2.05) is 18.3 Å². The van der Waals surface area contributed by atoms with Crippen LogP contribution in [-0.2, 0) is 0 Å². The molecule has 0 amide bonds. The van der Waals surface area contributed by atoms with Crippen LogP contribution < -0.4 is 5.32 Å². The highest BCUT2D eigenvalue weighted by atomic mass is 35.5. The number of halogens is 1.